The van der Waals surface area contributed by atoms with Gasteiger partial charge in [-0.05, 0) is 67.6 Å². The molecular weight excluding hydrogens is 441 g/mol. The molecule has 1 aromatic carbocycles. The minimum absolute atomic E-state index is 0.0563. The van der Waals surface area contributed by atoms with Crippen LogP contribution in [0.15, 0.2) is 47.1 Å². The first-order chi connectivity index (χ1) is 16.1. The monoisotopic (exact) mass is 468 g/mol. The highest BCUT2D eigenvalue weighted by Gasteiger charge is 2.29. The van der Waals surface area contributed by atoms with Crippen molar-refractivity contribution in [2.75, 3.05) is 31.5 Å². The zero-order chi connectivity index (χ0) is 22.8. The van der Waals surface area contributed by atoms with Crippen LogP contribution in [-0.4, -0.2) is 42.9 Å². The van der Waals surface area contributed by atoms with Crippen LogP contribution in [-0.2, 0) is 19.4 Å². The van der Waals surface area contributed by atoms with Gasteiger partial charge in [0.05, 0.1) is 32.4 Å². The summed E-state index contributed by atoms with van der Waals surface area (Å²) in [5.41, 5.74) is 3.07. The van der Waals surface area contributed by atoms with Gasteiger partial charge >= 0.3 is 0 Å². The first-order valence-electron chi connectivity index (χ1n) is 11.4. The van der Waals surface area contributed by atoms with Crippen molar-refractivity contribution in [2.45, 2.75) is 32.2 Å². The van der Waals surface area contributed by atoms with E-state index >= 15 is 0 Å². The molecule has 1 aliphatic carbocycles. The number of aryl methyl sites for hydroxylation is 1. The van der Waals surface area contributed by atoms with Crippen LogP contribution in [0.25, 0.3) is 0 Å². The predicted octanol–water partition coefficient (Wildman–Crippen LogP) is 3.15. The van der Waals surface area contributed by atoms with Gasteiger partial charge in [0.2, 0.25) is 0 Å². The van der Waals surface area contributed by atoms with Crippen LogP contribution in [0, 0.1) is 5.82 Å². The van der Waals surface area contributed by atoms with Crippen molar-refractivity contribution in [1.82, 2.24) is 4.90 Å². The van der Waals surface area contributed by atoms with Gasteiger partial charge in [0.25, 0.3) is 11.8 Å². The van der Waals surface area contributed by atoms with Crippen LogP contribution in [0.3, 0.4) is 0 Å². The second kappa shape index (κ2) is 9.49. The van der Waals surface area contributed by atoms with E-state index in [9.17, 15) is 14.0 Å². The molecule has 2 amide bonds. The van der Waals surface area contributed by atoms with Crippen molar-refractivity contribution in [3.63, 3.8) is 0 Å². The number of benzene rings is 1. The molecule has 0 atom stereocenters. The van der Waals surface area contributed by atoms with Crippen LogP contribution in [0.1, 0.15) is 49.8 Å². The summed E-state index contributed by atoms with van der Waals surface area (Å²) >= 11 is 1.68. The highest BCUT2D eigenvalue weighted by molar-refractivity contribution is 7.16. The van der Waals surface area contributed by atoms with Crippen LogP contribution < -0.4 is 10.2 Å². The molecule has 2 aliphatic rings. The molecule has 33 heavy (non-hydrogen) atoms. The van der Waals surface area contributed by atoms with Crippen molar-refractivity contribution in [1.29, 1.82) is 0 Å². The Morgan fingerprint density at radius 3 is 2.58 bits per heavy atom. The van der Waals surface area contributed by atoms with Crippen LogP contribution in [0.5, 0.6) is 0 Å². The van der Waals surface area contributed by atoms with E-state index in [1.807, 2.05) is 4.90 Å². The number of rotatable bonds is 5. The lowest BCUT2D eigenvalue weighted by atomic mass is 9.95. The lowest BCUT2D eigenvalue weighted by Gasteiger charge is -2.32. The van der Waals surface area contributed by atoms with E-state index < -0.39 is 0 Å². The minimum Gasteiger partial charge on any atom is -0.459 e. The number of quaternary nitrogens is 1. The molecule has 2 aromatic heterocycles. The third-order valence-electron chi connectivity index (χ3n) is 6.53. The molecule has 3 heterocycles. The number of thiophene rings is 1. The van der Waals surface area contributed by atoms with E-state index in [4.69, 9.17) is 4.42 Å². The standard InChI is InChI=1S/C25H26FN3O3S/c26-18-9-7-17(8-10-18)23(30)27-24-20(19-4-1-2-6-22(19)33-24)16-28-11-13-29(14-12-28)25(31)21-5-3-15-32-21/h3,5,7-10,15H,1-2,4,6,11-14,16H2,(H,27,30)/p+1. The number of carbonyl (C=O) groups is 2. The predicted molar refractivity (Wildman–Crippen MR) is 124 cm³/mol. The lowest BCUT2D eigenvalue weighted by molar-refractivity contribution is -0.917. The zero-order valence-electron chi connectivity index (χ0n) is 18.4. The Balaban J connectivity index is 1.29. The number of nitrogens with zero attached hydrogens (tertiary/aromatic N) is 1. The van der Waals surface area contributed by atoms with Gasteiger partial charge in [-0.15, -0.1) is 11.3 Å². The van der Waals surface area contributed by atoms with Crippen LogP contribution >= 0.6 is 11.3 Å². The second-order valence-corrected chi connectivity index (χ2v) is 9.78. The molecule has 172 valence electrons. The van der Waals surface area contributed by atoms with Crippen molar-refractivity contribution < 1.29 is 23.3 Å². The van der Waals surface area contributed by atoms with E-state index in [1.54, 1.807) is 23.5 Å². The maximum absolute atomic E-state index is 13.3. The Bertz CT molecular complexity index is 1130. The number of anilines is 1. The third kappa shape index (κ3) is 4.72. The summed E-state index contributed by atoms with van der Waals surface area (Å²) in [5, 5.41) is 4.02. The maximum atomic E-state index is 13.3. The molecule has 0 saturated carbocycles. The summed E-state index contributed by atoms with van der Waals surface area (Å²) < 4.78 is 18.5. The molecule has 3 aromatic rings. The molecular formula is C25H27FN3O3S+. The molecule has 0 radical (unpaired) electrons. The Hall–Kier alpha value is -2.97. The smallest absolute Gasteiger partial charge is 0.289 e. The molecule has 5 rings (SSSR count). The summed E-state index contributed by atoms with van der Waals surface area (Å²) in [7, 11) is 0. The number of nitrogens with one attached hydrogen (secondary N) is 2. The Labute approximate surface area is 196 Å². The Kier molecular flexibility index (Phi) is 6.28. The van der Waals surface area contributed by atoms with Gasteiger partial charge in [0.15, 0.2) is 5.76 Å². The lowest BCUT2D eigenvalue weighted by Crippen LogP contribution is -3.13. The van der Waals surface area contributed by atoms with Gasteiger partial charge in [-0.25, -0.2) is 4.39 Å². The number of hydrogen-bond acceptors (Lipinski definition) is 4. The van der Waals surface area contributed by atoms with Crippen LogP contribution in [0.4, 0.5) is 9.39 Å². The summed E-state index contributed by atoms with van der Waals surface area (Å²) in [6.45, 7) is 3.88. The van der Waals surface area contributed by atoms with Gasteiger partial charge in [-0.1, -0.05) is 0 Å². The number of furan rings is 1. The van der Waals surface area contributed by atoms with Gasteiger partial charge in [0, 0.05) is 16.0 Å². The van der Waals surface area contributed by atoms with Crippen molar-refractivity contribution >= 4 is 28.2 Å². The molecule has 1 saturated heterocycles. The maximum Gasteiger partial charge on any atom is 0.289 e. The van der Waals surface area contributed by atoms with E-state index in [-0.39, 0.29) is 17.6 Å². The van der Waals surface area contributed by atoms with Crippen LogP contribution in [0.2, 0.25) is 0 Å². The topological polar surface area (TPSA) is 67.0 Å². The summed E-state index contributed by atoms with van der Waals surface area (Å²) in [5.74, 6) is -0.235. The molecule has 0 spiro atoms. The Morgan fingerprint density at radius 2 is 1.85 bits per heavy atom. The average Bonchev–Trinajstić information content (AvgIpc) is 3.49. The van der Waals surface area contributed by atoms with Crippen molar-refractivity contribution in [3.05, 3.63) is 75.8 Å². The normalized spacial score (nSPS) is 16.5. The van der Waals surface area contributed by atoms with E-state index in [2.05, 4.69) is 5.32 Å². The van der Waals surface area contributed by atoms with Crippen molar-refractivity contribution in [3.8, 4) is 0 Å². The number of amides is 2. The van der Waals surface area contributed by atoms with E-state index in [0.29, 0.717) is 24.4 Å². The quantitative estimate of drug-likeness (QED) is 0.605. The highest BCUT2D eigenvalue weighted by Crippen LogP contribution is 2.38. The molecule has 6 nitrogen and oxygen atoms in total. The van der Waals surface area contributed by atoms with Gasteiger partial charge in [0.1, 0.15) is 17.4 Å². The number of piperazine rings is 1. The minimum atomic E-state index is -0.355. The van der Waals surface area contributed by atoms with Crippen molar-refractivity contribution in [2.24, 2.45) is 0 Å². The molecule has 0 bridgehead atoms. The molecule has 8 heteroatoms. The van der Waals surface area contributed by atoms with Gasteiger partial charge < -0.3 is 19.5 Å². The molecule has 2 N–H and O–H groups in total. The van der Waals surface area contributed by atoms with Gasteiger partial charge in [-0.3, -0.25) is 9.59 Å². The fourth-order valence-electron chi connectivity index (χ4n) is 4.70. The highest BCUT2D eigenvalue weighted by atomic mass is 32.1. The Morgan fingerprint density at radius 1 is 1.09 bits per heavy atom. The molecule has 1 aliphatic heterocycles. The SMILES string of the molecule is O=C(Nc1sc2c(c1C[NH+]1CCN(C(=O)c3ccco3)CC1)CCCC2)c1ccc(F)cc1. The molecule has 0 unspecified atom stereocenters. The van der Waals surface area contributed by atoms with E-state index in [1.165, 1.54) is 64.3 Å². The summed E-state index contributed by atoms with van der Waals surface area (Å²) in [4.78, 5) is 30.0. The molecule has 1 fully saturated rings. The fourth-order valence-corrected chi connectivity index (χ4v) is 6.01. The largest absolute Gasteiger partial charge is 0.459 e. The van der Waals surface area contributed by atoms with Gasteiger partial charge in [-0.2, -0.15) is 0 Å². The third-order valence-corrected chi connectivity index (χ3v) is 7.78. The first kappa shape index (κ1) is 21.9. The summed E-state index contributed by atoms with van der Waals surface area (Å²) in [6, 6.07) is 9.08. The second-order valence-electron chi connectivity index (χ2n) is 8.68. The zero-order valence-corrected chi connectivity index (χ0v) is 19.2. The van der Waals surface area contributed by atoms with E-state index in [0.717, 1.165) is 37.5 Å². The fraction of sp³-hybridized carbons (Fsp3) is 0.360. The number of fused-ring (bicyclic) bond motifs is 1. The number of halogens is 1. The number of carbonyl (C=O) groups excluding carboxylic acids is 2. The summed E-state index contributed by atoms with van der Waals surface area (Å²) in [6.07, 6.45) is 5.97. The average molecular weight is 469 g/mol. The first-order valence-corrected chi connectivity index (χ1v) is 12.3. The number of hydrogen-bond donors (Lipinski definition) is 2.